The van der Waals surface area contributed by atoms with Crippen molar-refractivity contribution in [2.45, 2.75) is 6.92 Å². The summed E-state index contributed by atoms with van der Waals surface area (Å²) < 4.78 is 0. The number of nitrogens with zero attached hydrogens (tertiary/aromatic N) is 1. The van der Waals surface area contributed by atoms with Crippen LogP contribution in [0.2, 0.25) is 0 Å². The molecule has 0 fully saturated rings. The highest BCUT2D eigenvalue weighted by Gasteiger charge is 2.08. The van der Waals surface area contributed by atoms with E-state index in [4.69, 9.17) is 10.8 Å². The van der Waals surface area contributed by atoms with E-state index in [0.717, 1.165) is 0 Å². The molecule has 4 N–H and O–H groups in total. The van der Waals surface area contributed by atoms with Crippen LogP contribution < -0.4 is 11.1 Å². The first kappa shape index (κ1) is 11.0. The molecule has 0 aliphatic rings. The number of para-hydroxylation sites is 1. The Labute approximate surface area is 87.6 Å². The molecule has 0 saturated carbocycles. The van der Waals surface area contributed by atoms with Gasteiger partial charge in [-0.25, -0.2) is 4.79 Å². The minimum absolute atomic E-state index is 0.173. The van der Waals surface area contributed by atoms with Crippen molar-refractivity contribution in [3.8, 4) is 0 Å². The second kappa shape index (κ2) is 4.99. The molecule has 0 radical (unpaired) electrons. The first-order chi connectivity index (χ1) is 7.15. The molecule has 0 aliphatic heterocycles. The summed E-state index contributed by atoms with van der Waals surface area (Å²) in [4.78, 5) is 14.8. The third-order valence-corrected chi connectivity index (χ3v) is 1.75. The van der Waals surface area contributed by atoms with Crippen molar-refractivity contribution in [1.82, 2.24) is 0 Å². The number of nitrogens with one attached hydrogen (secondary N) is 1. The average Bonchev–Trinajstić information content (AvgIpc) is 2.18. The fraction of sp³-hybridized carbons (Fsp3) is 0.200. The van der Waals surface area contributed by atoms with Crippen molar-refractivity contribution >= 4 is 17.6 Å². The number of rotatable bonds is 3. The zero-order valence-electron chi connectivity index (χ0n) is 8.40. The van der Waals surface area contributed by atoms with Crippen LogP contribution in [-0.4, -0.2) is 23.6 Å². The van der Waals surface area contributed by atoms with Gasteiger partial charge >= 0.3 is 5.97 Å². The maximum absolute atomic E-state index is 10.8. The van der Waals surface area contributed by atoms with Gasteiger partial charge in [0.05, 0.1) is 11.3 Å². The molecule has 15 heavy (non-hydrogen) atoms. The van der Waals surface area contributed by atoms with E-state index in [-0.39, 0.29) is 11.5 Å². The number of nitrogens with two attached hydrogens (primary N) is 1. The zero-order valence-corrected chi connectivity index (χ0v) is 8.40. The number of aliphatic imine (C=N–C) groups is 1. The summed E-state index contributed by atoms with van der Waals surface area (Å²) in [7, 11) is 0. The predicted molar refractivity (Wildman–Crippen MR) is 59.2 cm³/mol. The van der Waals surface area contributed by atoms with E-state index in [9.17, 15) is 4.79 Å². The minimum atomic E-state index is -0.998. The Bertz CT molecular complexity index is 388. The van der Waals surface area contributed by atoms with Crippen molar-refractivity contribution in [2.75, 3.05) is 11.9 Å². The van der Waals surface area contributed by atoms with Gasteiger partial charge in [-0.15, -0.1) is 0 Å². The first-order valence-electron chi connectivity index (χ1n) is 4.54. The number of carboxylic acid groups (broad SMARTS) is 1. The minimum Gasteiger partial charge on any atom is -0.478 e. The number of hydrogen-bond donors (Lipinski definition) is 3. The SMILES string of the molecule is CCN=C(N)Nc1ccccc1C(=O)O. The van der Waals surface area contributed by atoms with E-state index in [0.29, 0.717) is 12.2 Å². The van der Waals surface area contributed by atoms with Crippen LogP contribution in [0.3, 0.4) is 0 Å². The van der Waals surface area contributed by atoms with E-state index in [1.54, 1.807) is 18.2 Å². The van der Waals surface area contributed by atoms with E-state index < -0.39 is 5.97 Å². The summed E-state index contributed by atoms with van der Waals surface area (Å²) in [6, 6.07) is 6.53. The molecule has 1 aromatic rings. The van der Waals surface area contributed by atoms with Crippen molar-refractivity contribution in [3.05, 3.63) is 29.8 Å². The van der Waals surface area contributed by atoms with Gasteiger partial charge in [-0.3, -0.25) is 4.99 Å². The lowest BCUT2D eigenvalue weighted by atomic mass is 10.2. The number of benzene rings is 1. The van der Waals surface area contributed by atoms with Gasteiger partial charge in [0.15, 0.2) is 5.96 Å². The van der Waals surface area contributed by atoms with Gasteiger partial charge in [-0.2, -0.15) is 0 Å². The Morgan fingerprint density at radius 1 is 1.53 bits per heavy atom. The molecule has 0 saturated heterocycles. The maximum atomic E-state index is 10.8. The number of aromatic carboxylic acids is 1. The van der Waals surface area contributed by atoms with Crippen LogP contribution >= 0.6 is 0 Å². The van der Waals surface area contributed by atoms with Gasteiger partial charge in [0.1, 0.15) is 0 Å². The Balaban J connectivity index is 2.94. The van der Waals surface area contributed by atoms with Crippen molar-refractivity contribution in [2.24, 2.45) is 10.7 Å². The molecule has 0 atom stereocenters. The number of guanidine groups is 1. The molecular formula is C10H13N3O2. The highest BCUT2D eigenvalue weighted by atomic mass is 16.4. The molecule has 0 heterocycles. The predicted octanol–water partition coefficient (Wildman–Crippen LogP) is 1.13. The topological polar surface area (TPSA) is 87.7 Å². The molecule has 0 aliphatic carbocycles. The first-order valence-corrected chi connectivity index (χ1v) is 4.54. The smallest absolute Gasteiger partial charge is 0.337 e. The van der Waals surface area contributed by atoms with Crippen LogP contribution in [0.1, 0.15) is 17.3 Å². The largest absolute Gasteiger partial charge is 0.478 e. The summed E-state index contributed by atoms with van der Waals surface area (Å²) in [6.07, 6.45) is 0. The standard InChI is InChI=1S/C10H13N3O2/c1-2-12-10(11)13-8-6-4-3-5-7(8)9(14)15/h3-6H,2H2,1H3,(H,14,15)(H3,11,12,13). The lowest BCUT2D eigenvalue weighted by molar-refractivity contribution is 0.0698. The molecule has 5 heteroatoms. The molecule has 0 amide bonds. The molecule has 0 aromatic heterocycles. The average molecular weight is 207 g/mol. The number of carboxylic acids is 1. The van der Waals surface area contributed by atoms with Crippen molar-refractivity contribution in [3.63, 3.8) is 0 Å². The summed E-state index contributed by atoms with van der Waals surface area (Å²) in [5.74, 6) is -0.784. The highest BCUT2D eigenvalue weighted by molar-refractivity contribution is 6.01. The van der Waals surface area contributed by atoms with E-state index in [1.807, 2.05) is 6.92 Å². The maximum Gasteiger partial charge on any atom is 0.337 e. The zero-order chi connectivity index (χ0) is 11.3. The van der Waals surface area contributed by atoms with Gasteiger partial charge in [0, 0.05) is 6.54 Å². The third kappa shape index (κ3) is 2.98. The molecule has 80 valence electrons. The van der Waals surface area contributed by atoms with Crippen LogP contribution in [0.15, 0.2) is 29.3 Å². The Morgan fingerprint density at radius 3 is 2.80 bits per heavy atom. The lowest BCUT2D eigenvalue weighted by Gasteiger charge is -2.07. The van der Waals surface area contributed by atoms with Crippen LogP contribution in [0, 0.1) is 0 Å². The Morgan fingerprint density at radius 2 is 2.20 bits per heavy atom. The normalized spacial score (nSPS) is 11.1. The summed E-state index contributed by atoms with van der Waals surface area (Å²) in [6.45, 7) is 2.39. The second-order valence-electron chi connectivity index (χ2n) is 2.84. The van der Waals surface area contributed by atoms with E-state index >= 15 is 0 Å². The number of hydrogen-bond acceptors (Lipinski definition) is 2. The summed E-state index contributed by atoms with van der Waals surface area (Å²) in [5, 5.41) is 11.6. The van der Waals surface area contributed by atoms with Crippen LogP contribution in [0.25, 0.3) is 0 Å². The second-order valence-corrected chi connectivity index (χ2v) is 2.84. The van der Waals surface area contributed by atoms with Gasteiger partial charge < -0.3 is 16.2 Å². The summed E-state index contributed by atoms with van der Waals surface area (Å²) in [5.41, 5.74) is 6.15. The Kier molecular flexibility index (Phi) is 3.68. The van der Waals surface area contributed by atoms with Crippen LogP contribution in [-0.2, 0) is 0 Å². The molecule has 1 rings (SSSR count). The number of anilines is 1. The fourth-order valence-electron chi connectivity index (χ4n) is 1.13. The molecule has 5 nitrogen and oxygen atoms in total. The fourth-order valence-corrected chi connectivity index (χ4v) is 1.13. The van der Waals surface area contributed by atoms with Crippen LogP contribution in [0.4, 0.5) is 5.69 Å². The molecule has 0 bridgehead atoms. The van der Waals surface area contributed by atoms with Crippen molar-refractivity contribution in [1.29, 1.82) is 0 Å². The van der Waals surface area contributed by atoms with E-state index in [2.05, 4.69) is 10.3 Å². The lowest BCUT2D eigenvalue weighted by Crippen LogP contribution is -2.23. The van der Waals surface area contributed by atoms with Crippen LogP contribution in [0.5, 0.6) is 0 Å². The number of carbonyl (C=O) groups is 1. The quantitative estimate of drug-likeness (QED) is 0.512. The van der Waals surface area contributed by atoms with E-state index in [1.165, 1.54) is 6.07 Å². The molecule has 0 unspecified atom stereocenters. The molecule has 1 aromatic carbocycles. The Hall–Kier alpha value is -2.04. The molecule has 0 spiro atoms. The van der Waals surface area contributed by atoms with Gasteiger partial charge in [0.2, 0.25) is 0 Å². The third-order valence-electron chi connectivity index (χ3n) is 1.75. The van der Waals surface area contributed by atoms with Gasteiger partial charge in [0.25, 0.3) is 0 Å². The highest BCUT2D eigenvalue weighted by Crippen LogP contribution is 2.14. The molecular weight excluding hydrogens is 194 g/mol. The summed E-state index contributed by atoms with van der Waals surface area (Å²) >= 11 is 0. The van der Waals surface area contributed by atoms with Gasteiger partial charge in [-0.05, 0) is 19.1 Å². The van der Waals surface area contributed by atoms with Gasteiger partial charge in [-0.1, -0.05) is 12.1 Å². The van der Waals surface area contributed by atoms with Crippen molar-refractivity contribution < 1.29 is 9.90 Å². The monoisotopic (exact) mass is 207 g/mol.